The van der Waals surface area contributed by atoms with Crippen molar-refractivity contribution in [2.24, 2.45) is 0 Å². The zero-order valence-corrected chi connectivity index (χ0v) is 15.6. The monoisotopic (exact) mass is 348 g/mol. The maximum Gasteiger partial charge on any atom is 0.224 e. The Morgan fingerprint density at radius 3 is 2.71 bits per heavy atom. The number of fused-ring (bicyclic) bond motifs is 1. The van der Waals surface area contributed by atoms with Crippen molar-refractivity contribution in [3.63, 3.8) is 0 Å². The zero-order valence-electron chi connectivity index (χ0n) is 14.9. The number of halogens is 1. The van der Waals surface area contributed by atoms with Gasteiger partial charge in [0.1, 0.15) is 0 Å². The van der Waals surface area contributed by atoms with Crippen molar-refractivity contribution >= 4 is 17.5 Å². The standard InChI is InChI=1S/C20H29ClN2O/c1-20-15-17(16-9-5-3-6-10-16)23(19(24)12-13-21)18(20)11-7-4-8-14-22(20)2/h3,5-6,9-10,17-18H,4,7-8,11-15H2,1-2H3/t17-,18+,20-/m0/s1. The molecule has 1 aromatic carbocycles. The molecule has 0 bridgehead atoms. The topological polar surface area (TPSA) is 23.6 Å². The molecule has 132 valence electrons. The van der Waals surface area contributed by atoms with Crippen LogP contribution in [0, 0.1) is 0 Å². The van der Waals surface area contributed by atoms with Gasteiger partial charge < -0.3 is 4.90 Å². The third-order valence-electron chi connectivity index (χ3n) is 6.12. The minimum absolute atomic E-state index is 0.0445. The average molecular weight is 349 g/mol. The summed E-state index contributed by atoms with van der Waals surface area (Å²) in [6, 6.07) is 11.0. The lowest BCUT2D eigenvalue weighted by atomic mass is 9.84. The smallest absolute Gasteiger partial charge is 0.224 e. The van der Waals surface area contributed by atoms with E-state index in [1.807, 2.05) is 6.07 Å². The first-order valence-electron chi connectivity index (χ1n) is 9.21. The quantitative estimate of drug-likeness (QED) is 0.763. The molecule has 2 fully saturated rings. The number of rotatable bonds is 3. The van der Waals surface area contributed by atoms with Crippen molar-refractivity contribution in [2.75, 3.05) is 19.5 Å². The number of hydrogen-bond acceptors (Lipinski definition) is 2. The molecule has 2 aliphatic heterocycles. The highest BCUT2D eigenvalue weighted by atomic mass is 35.5. The van der Waals surface area contributed by atoms with Gasteiger partial charge in [-0.3, -0.25) is 9.69 Å². The van der Waals surface area contributed by atoms with Crippen LogP contribution in [-0.2, 0) is 4.79 Å². The van der Waals surface area contributed by atoms with Crippen molar-refractivity contribution in [1.29, 1.82) is 0 Å². The van der Waals surface area contributed by atoms with Crippen LogP contribution >= 0.6 is 11.6 Å². The molecule has 0 aromatic heterocycles. The third kappa shape index (κ3) is 3.21. The molecule has 1 amide bonds. The van der Waals surface area contributed by atoms with Gasteiger partial charge in [0.05, 0.1) is 12.1 Å². The molecule has 3 atom stereocenters. The van der Waals surface area contributed by atoms with Gasteiger partial charge in [0.25, 0.3) is 0 Å². The fourth-order valence-electron chi connectivity index (χ4n) is 4.63. The highest BCUT2D eigenvalue weighted by molar-refractivity contribution is 6.18. The van der Waals surface area contributed by atoms with Gasteiger partial charge in [0.15, 0.2) is 0 Å². The molecule has 0 unspecified atom stereocenters. The van der Waals surface area contributed by atoms with Crippen LogP contribution in [0.5, 0.6) is 0 Å². The zero-order chi connectivity index (χ0) is 17.2. The fraction of sp³-hybridized carbons (Fsp3) is 0.650. The summed E-state index contributed by atoms with van der Waals surface area (Å²) in [6.07, 6.45) is 6.25. The summed E-state index contributed by atoms with van der Waals surface area (Å²) >= 11 is 5.91. The minimum atomic E-state index is 0.0445. The van der Waals surface area contributed by atoms with E-state index in [-0.39, 0.29) is 23.5 Å². The number of benzene rings is 1. The Balaban J connectivity index is 2.00. The highest BCUT2D eigenvalue weighted by Crippen LogP contribution is 2.47. The molecule has 0 N–H and O–H groups in total. The molecule has 0 aliphatic carbocycles. The number of amides is 1. The number of alkyl halides is 1. The van der Waals surface area contributed by atoms with Gasteiger partial charge >= 0.3 is 0 Å². The molecular formula is C20H29ClN2O. The molecule has 0 saturated carbocycles. The second-order valence-electron chi connectivity index (χ2n) is 7.51. The maximum atomic E-state index is 13.0. The molecular weight excluding hydrogens is 320 g/mol. The van der Waals surface area contributed by atoms with E-state index in [4.69, 9.17) is 11.6 Å². The molecule has 2 heterocycles. The van der Waals surface area contributed by atoms with Crippen LogP contribution in [-0.4, -0.2) is 46.8 Å². The summed E-state index contributed by atoms with van der Waals surface area (Å²) < 4.78 is 0. The summed E-state index contributed by atoms with van der Waals surface area (Å²) in [5.41, 5.74) is 1.30. The number of nitrogens with zero attached hydrogens (tertiary/aromatic N) is 2. The highest BCUT2D eigenvalue weighted by Gasteiger charge is 2.53. The molecule has 0 radical (unpaired) electrons. The van der Waals surface area contributed by atoms with Crippen LogP contribution in [0.2, 0.25) is 0 Å². The van der Waals surface area contributed by atoms with E-state index >= 15 is 0 Å². The van der Waals surface area contributed by atoms with Gasteiger partial charge in [-0.2, -0.15) is 0 Å². The van der Waals surface area contributed by atoms with Crippen LogP contribution in [0.25, 0.3) is 0 Å². The number of carbonyl (C=O) groups excluding carboxylic acids is 1. The van der Waals surface area contributed by atoms with E-state index in [1.54, 1.807) is 0 Å². The van der Waals surface area contributed by atoms with E-state index in [1.165, 1.54) is 24.8 Å². The predicted octanol–water partition coefficient (Wildman–Crippen LogP) is 4.22. The largest absolute Gasteiger partial charge is 0.331 e. The van der Waals surface area contributed by atoms with Crippen LogP contribution in [0.4, 0.5) is 0 Å². The van der Waals surface area contributed by atoms with Crippen LogP contribution in [0.15, 0.2) is 30.3 Å². The predicted molar refractivity (Wildman–Crippen MR) is 99.3 cm³/mol. The fourth-order valence-corrected chi connectivity index (χ4v) is 4.79. The molecule has 0 spiro atoms. The Morgan fingerprint density at radius 1 is 1.25 bits per heavy atom. The van der Waals surface area contributed by atoms with Crippen LogP contribution < -0.4 is 0 Å². The Kier molecular flexibility index (Phi) is 5.51. The normalized spacial score (nSPS) is 31.4. The molecule has 2 aliphatic rings. The SMILES string of the molecule is CN1CCCCC[C@H]2N(C(=O)CCCl)[C@H](c3ccccc3)C[C@@]21C. The summed E-state index contributed by atoms with van der Waals surface area (Å²) in [6.45, 7) is 3.47. The molecule has 3 rings (SSSR count). The Labute approximate surface area is 151 Å². The van der Waals surface area contributed by atoms with Crippen LogP contribution in [0.3, 0.4) is 0 Å². The van der Waals surface area contributed by atoms with Crippen molar-refractivity contribution < 1.29 is 4.79 Å². The van der Waals surface area contributed by atoms with Crippen molar-refractivity contribution in [1.82, 2.24) is 9.80 Å². The first kappa shape index (κ1) is 17.8. The van der Waals surface area contributed by atoms with E-state index in [2.05, 4.69) is 48.0 Å². The Bertz CT molecular complexity index is 564. The maximum absolute atomic E-state index is 13.0. The molecule has 1 aromatic rings. The summed E-state index contributed by atoms with van der Waals surface area (Å²) in [7, 11) is 2.23. The number of likely N-dealkylation sites (N-methyl/N-ethyl adjacent to an activating group) is 1. The molecule has 24 heavy (non-hydrogen) atoms. The molecule has 4 heteroatoms. The number of carbonyl (C=O) groups is 1. The second-order valence-corrected chi connectivity index (χ2v) is 7.89. The van der Waals surface area contributed by atoms with Crippen molar-refractivity contribution in [3.05, 3.63) is 35.9 Å². The Hall–Kier alpha value is -1.06. The lowest BCUT2D eigenvalue weighted by Crippen LogP contribution is -2.55. The average Bonchev–Trinajstić information content (AvgIpc) is 2.88. The minimum Gasteiger partial charge on any atom is -0.331 e. The lowest BCUT2D eigenvalue weighted by molar-refractivity contribution is -0.135. The van der Waals surface area contributed by atoms with Crippen molar-refractivity contribution in [3.8, 4) is 0 Å². The summed E-state index contributed by atoms with van der Waals surface area (Å²) in [5.74, 6) is 0.609. The van der Waals surface area contributed by atoms with Gasteiger partial charge in [0.2, 0.25) is 5.91 Å². The second kappa shape index (κ2) is 7.45. The number of hydrogen-bond donors (Lipinski definition) is 0. The van der Waals surface area contributed by atoms with E-state index in [9.17, 15) is 4.79 Å². The Morgan fingerprint density at radius 2 is 2.00 bits per heavy atom. The van der Waals surface area contributed by atoms with Gasteiger partial charge in [-0.15, -0.1) is 11.6 Å². The van der Waals surface area contributed by atoms with Gasteiger partial charge in [0, 0.05) is 17.8 Å². The summed E-state index contributed by atoms with van der Waals surface area (Å²) in [5, 5.41) is 0. The first-order chi connectivity index (χ1) is 11.6. The van der Waals surface area contributed by atoms with Gasteiger partial charge in [-0.1, -0.05) is 43.2 Å². The first-order valence-corrected chi connectivity index (χ1v) is 9.74. The molecule has 2 saturated heterocycles. The van der Waals surface area contributed by atoms with Gasteiger partial charge in [-0.05, 0) is 45.3 Å². The van der Waals surface area contributed by atoms with Gasteiger partial charge in [-0.25, -0.2) is 0 Å². The van der Waals surface area contributed by atoms with E-state index in [0.29, 0.717) is 12.3 Å². The molecule has 3 nitrogen and oxygen atoms in total. The number of likely N-dealkylation sites (tertiary alicyclic amines) is 2. The van der Waals surface area contributed by atoms with Crippen molar-refractivity contribution in [2.45, 2.75) is 63.1 Å². The van der Waals surface area contributed by atoms with E-state index < -0.39 is 0 Å². The van der Waals surface area contributed by atoms with Crippen LogP contribution in [0.1, 0.15) is 57.1 Å². The van der Waals surface area contributed by atoms with E-state index in [0.717, 1.165) is 19.4 Å². The lowest BCUT2D eigenvalue weighted by Gasteiger charge is -2.43. The summed E-state index contributed by atoms with van der Waals surface area (Å²) in [4.78, 5) is 17.6. The third-order valence-corrected chi connectivity index (χ3v) is 6.31.